The average molecular weight is 550 g/mol. The minimum absolute atomic E-state index is 0.0157. The van der Waals surface area contributed by atoms with Crippen molar-refractivity contribution in [3.8, 4) is 33.2 Å². The summed E-state index contributed by atoms with van der Waals surface area (Å²) in [4.78, 5) is 37.0. The molecule has 0 atom stereocenters. The summed E-state index contributed by atoms with van der Waals surface area (Å²) >= 11 is 1.73. The Morgan fingerprint density at radius 3 is 2.85 bits per heavy atom. The number of anilines is 1. The molecule has 1 saturated heterocycles. The van der Waals surface area contributed by atoms with Crippen molar-refractivity contribution in [1.29, 1.82) is 0 Å². The fourth-order valence-corrected chi connectivity index (χ4v) is 6.14. The first-order valence-electron chi connectivity index (χ1n) is 13.3. The molecule has 200 valence electrons. The summed E-state index contributed by atoms with van der Waals surface area (Å²) in [5.74, 6) is 1.03. The van der Waals surface area contributed by atoms with Gasteiger partial charge in [0, 0.05) is 39.7 Å². The number of piperidine rings is 1. The van der Waals surface area contributed by atoms with Crippen LogP contribution in [0, 0.1) is 12.8 Å². The fraction of sp³-hybridized carbons (Fsp3) is 0.241. The van der Waals surface area contributed by atoms with Crippen molar-refractivity contribution >= 4 is 45.1 Å². The molecule has 0 radical (unpaired) electrons. The van der Waals surface area contributed by atoms with Gasteiger partial charge in [0.15, 0.2) is 17.2 Å². The van der Waals surface area contributed by atoms with Crippen LogP contribution in [0.25, 0.3) is 55.4 Å². The monoisotopic (exact) mass is 549 g/mol. The van der Waals surface area contributed by atoms with E-state index in [2.05, 4.69) is 54.8 Å². The lowest BCUT2D eigenvalue weighted by molar-refractivity contribution is -0.117. The number of imidazole rings is 1. The van der Waals surface area contributed by atoms with Gasteiger partial charge < -0.3 is 15.6 Å². The molecule has 6 aromatic rings. The molecular weight excluding hydrogens is 522 g/mol. The third-order valence-electron chi connectivity index (χ3n) is 7.28. The number of pyridine rings is 3. The van der Waals surface area contributed by atoms with Crippen molar-refractivity contribution in [2.45, 2.75) is 26.2 Å². The Bertz CT molecular complexity index is 1850. The van der Waals surface area contributed by atoms with E-state index in [1.165, 1.54) is 4.88 Å². The molecule has 1 fully saturated rings. The molecule has 4 N–H and O–H groups in total. The number of nitrogens with one attached hydrogen (secondary N) is 4. The number of hydrogen-bond donors (Lipinski definition) is 4. The highest BCUT2D eigenvalue weighted by Gasteiger charge is 2.19. The molecule has 10 nitrogen and oxygen atoms in total. The standard InChI is InChI=1S/C29H27N9OS/c1-16-2-5-23(40-16)20-8-11-32-28-25(20)35-29(36-28)27-26-22(37-38-27)4-3-21(34-26)18-13-19(15-31-14-18)33-24(39)12-17-6-9-30-10-7-17/h2-5,8,11,13-15,17,30H,6-7,9-10,12H2,1H3,(H,33,39)(H,37,38)(H,32,35,36). The predicted molar refractivity (Wildman–Crippen MR) is 157 cm³/mol. The van der Waals surface area contributed by atoms with Gasteiger partial charge in [-0.05, 0) is 75.2 Å². The van der Waals surface area contributed by atoms with Crippen LogP contribution in [0.4, 0.5) is 5.69 Å². The minimum atomic E-state index is 0.0157. The van der Waals surface area contributed by atoms with E-state index in [0.29, 0.717) is 40.7 Å². The van der Waals surface area contributed by atoms with E-state index in [0.717, 1.165) is 58.7 Å². The van der Waals surface area contributed by atoms with E-state index in [1.807, 2.05) is 24.3 Å². The van der Waals surface area contributed by atoms with E-state index in [4.69, 9.17) is 9.97 Å². The first-order chi connectivity index (χ1) is 19.6. The molecule has 6 aromatic heterocycles. The molecule has 1 aliphatic rings. The topological polar surface area (TPSA) is 137 Å². The Balaban J connectivity index is 1.19. The van der Waals surface area contributed by atoms with Crippen molar-refractivity contribution < 1.29 is 4.79 Å². The zero-order valence-corrected chi connectivity index (χ0v) is 22.7. The molecule has 7 heterocycles. The molecule has 0 aliphatic carbocycles. The number of aromatic nitrogens is 7. The number of hydrogen-bond acceptors (Lipinski definition) is 8. The number of thiophene rings is 1. The summed E-state index contributed by atoms with van der Waals surface area (Å²) < 4.78 is 0. The van der Waals surface area contributed by atoms with Crippen molar-refractivity contribution in [3.63, 3.8) is 0 Å². The molecular formula is C29H27N9OS. The van der Waals surface area contributed by atoms with E-state index < -0.39 is 0 Å². The van der Waals surface area contributed by atoms with Gasteiger partial charge in [0.25, 0.3) is 0 Å². The fourth-order valence-electron chi connectivity index (χ4n) is 5.24. The molecule has 1 amide bonds. The number of rotatable bonds is 6. The number of aryl methyl sites for hydroxylation is 1. The van der Waals surface area contributed by atoms with E-state index in [9.17, 15) is 4.79 Å². The van der Waals surface area contributed by atoms with Crippen LogP contribution in [0.2, 0.25) is 0 Å². The van der Waals surface area contributed by atoms with Gasteiger partial charge in [0.2, 0.25) is 5.91 Å². The zero-order valence-electron chi connectivity index (χ0n) is 21.9. The smallest absolute Gasteiger partial charge is 0.224 e. The maximum Gasteiger partial charge on any atom is 0.224 e. The SMILES string of the molecule is Cc1ccc(-c2ccnc3nc(-c4n[nH]c5ccc(-c6cncc(NC(=O)CC7CCNCC7)c6)nc45)[nH]c23)s1. The third kappa shape index (κ3) is 4.74. The highest BCUT2D eigenvalue weighted by molar-refractivity contribution is 7.15. The largest absolute Gasteiger partial charge is 0.335 e. The number of fused-ring (bicyclic) bond motifs is 2. The van der Waals surface area contributed by atoms with E-state index in [-0.39, 0.29) is 5.91 Å². The molecule has 0 spiro atoms. The van der Waals surface area contributed by atoms with Gasteiger partial charge >= 0.3 is 0 Å². The summed E-state index contributed by atoms with van der Waals surface area (Å²) in [6, 6.07) is 12.0. The lowest BCUT2D eigenvalue weighted by atomic mass is 9.94. The van der Waals surface area contributed by atoms with Crippen molar-refractivity contribution in [2.75, 3.05) is 18.4 Å². The van der Waals surface area contributed by atoms with Crippen molar-refractivity contribution in [2.24, 2.45) is 5.92 Å². The third-order valence-corrected chi connectivity index (χ3v) is 8.31. The summed E-state index contributed by atoms with van der Waals surface area (Å²) in [6.45, 7) is 4.04. The van der Waals surface area contributed by atoms with Crippen LogP contribution in [0.3, 0.4) is 0 Å². The van der Waals surface area contributed by atoms with Crippen LogP contribution in [0.15, 0.2) is 55.0 Å². The second-order valence-electron chi connectivity index (χ2n) is 10.1. The summed E-state index contributed by atoms with van der Waals surface area (Å²) in [7, 11) is 0. The van der Waals surface area contributed by atoms with Crippen molar-refractivity contribution in [1.82, 2.24) is 40.4 Å². The Morgan fingerprint density at radius 2 is 2.00 bits per heavy atom. The van der Waals surface area contributed by atoms with E-state index in [1.54, 1.807) is 29.9 Å². The summed E-state index contributed by atoms with van der Waals surface area (Å²) in [5.41, 5.74) is 6.82. The number of nitrogens with zero attached hydrogens (tertiary/aromatic N) is 5. The molecule has 0 aromatic carbocycles. The van der Waals surface area contributed by atoms with Crippen LogP contribution in [-0.2, 0) is 4.79 Å². The van der Waals surface area contributed by atoms with Crippen LogP contribution < -0.4 is 10.6 Å². The van der Waals surface area contributed by atoms with E-state index >= 15 is 0 Å². The van der Waals surface area contributed by atoms with Crippen LogP contribution in [0.5, 0.6) is 0 Å². The lowest BCUT2D eigenvalue weighted by Crippen LogP contribution is -2.30. The predicted octanol–water partition coefficient (Wildman–Crippen LogP) is 5.32. The molecule has 40 heavy (non-hydrogen) atoms. The Morgan fingerprint density at radius 1 is 1.10 bits per heavy atom. The van der Waals surface area contributed by atoms with Gasteiger partial charge in [-0.15, -0.1) is 11.3 Å². The Labute approximate surface area is 233 Å². The zero-order chi connectivity index (χ0) is 27.1. The molecule has 1 aliphatic heterocycles. The average Bonchev–Trinajstić information content (AvgIpc) is 3.71. The first kappa shape index (κ1) is 24.6. The molecule has 0 saturated carbocycles. The number of aromatic amines is 2. The summed E-state index contributed by atoms with van der Waals surface area (Å²) in [6.07, 6.45) is 7.77. The van der Waals surface area contributed by atoms with Crippen LogP contribution in [-0.4, -0.2) is 54.1 Å². The van der Waals surface area contributed by atoms with Gasteiger partial charge in [-0.2, -0.15) is 5.10 Å². The van der Waals surface area contributed by atoms with Crippen LogP contribution >= 0.6 is 11.3 Å². The lowest BCUT2D eigenvalue weighted by Gasteiger charge is -2.21. The van der Waals surface area contributed by atoms with Gasteiger partial charge in [-0.3, -0.25) is 14.9 Å². The normalized spacial score (nSPS) is 14.2. The quantitative estimate of drug-likeness (QED) is 0.221. The first-order valence-corrected chi connectivity index (χ1v) is 14.2. The number of amides is 1. The molecule has 11 heteroatoms. The highest BCUT2D eigenvalue weighted by Crippen LogP contribution is 2.34. The second-order valence-corrected chi connectivity index (χ2v) is 11.4. The molecule has 7 rings (SSSR count). The van der Waals surface area contributed by atoms with Gasteiger partial charge in [0.05, 0.1) is 28.6 Å². The van der Waals surface area contributed by atoms with Crippen LogP contribution in [0.1, 0.15) is 24.1 Å². The van der Waals surface area contributed by atoms with Crippen molar-refractivity contribution in [3.05, 3.63) is 59.9 Å². The minimum Gasteiger partial charge on any atom is -0.335 e. The number of carbonyl (C=O) groups excluding carboxylic acids is 1. The number of H-pyrrole nitrogens is 2. The maximum atomic E-state index is 12.7. The Kier molecular flexibility index (Phi) is 6.29. The molecule has 0 unspecified atom stereocenters. The van der Waals surface area contributed by atoms with Gasteiger partial charge in [-0.1, -0.05) is 0 Å². The number of carbonyl (C=O) groups is 1. The van der Waals surface area contributed by atoms with Gasteiger partial charge in [-0.25, -0.2) is 15.0 Å². The summed E-state index contributed by atoms with van der Waals surface area (Å²) in [5, 5.41) is 14.0. The second kappa shape index (κ2) is 10.2. The maximum absolute atomic E-state index is 12.7. The molecule has 0 bridgehead atoms. The highest BCUT2D eigenvalue weighted by atomic mass is 32.1. The Hall–Kier alpha value is -4.48. The van der Waals surface area contributed by atoms with Gasteiger partial charge in [0.1, 0.15) is 5.52 Å².